The Labute approximate surface area is 208 Å². The number of halogens is 3. The van der Waals surface area contributed by atoms with Gasteiger partial charge in [0.15, 0.2) is 0 Å². The zero-order chi connectivity index (χ0) is 25.9. The zero-order valence-electron chi connectivity index (χ0n) is 18.9. The molecule has 1 aromatic heterocycles. The van der Waals surface area contributed by atoms with Crippen LogP contribution in [0.25, 0.3) is 11.1 Å². The van der Waals surface area contributed by atoms with Gasteiger partial charge in [-0.25, -0.2) is 4.98 Å². The highest BCUT2D eigenvalue weighted by Crippen LogP contribution is 2.34. The summed E-state index contributed by atoms with van der Waals surface area (Å²) in [6.45, 7) is 0.441. The molecule has 2 heterocycles. The van der Waals surface area contributed by atoms with E-state index in [1.54, 1.807) is 34.5 Å². The Hall–Kier alpha value is -3.73. The number of aromatic nitrogens is 1. The van der Waals surface area contributed by atoms with Gasteiger partial charge in [-0.05, 0) is 42.2 Å². The number of nitrogens with zero attached hydrogens (tertiary/aromatic N) is 2. The number of amides is 2. The highest BCUT2D eigenvalue weighted by Gasteiger charge is 2.31. The standard InChI is InChI=1S/C25H22F3N3O4S/c26-25(27,28)17-7-5-15(6-8-17)18-3-1-2-4-19(18)24(35)31-11-9-16(10-12-31)23-30-20(14-36-23)22(34)29-13-21(32)33/h1-8,14,16H,9-13H2,(H,29,34)(H,32,33). The van der Waals surface area contributed by atoms with E-state index in [-0.39, 0.29) is 17.5 Å². The van der Waals surface area contributed by atoms with Crippen LogP contribution in [-0.4, -0.2) is 52.4 Å². The maximum atomic E-state index is 13.3. The van der Waals surface area contributed by atoms with E-state index in [2.05, 4.69) is 10.3 Å². The molecule has 0 atom stereocenters. The van der Waals surface area contributed by atoms with Gasteiger partial charge in [0.05, 0.1) is 10.6 Å². The number of aliphatic carboxylic acids is 1. The maximum absolute atomic E-state index is 13.3. The summed E-state index contributed by atoms with van der Waals surface area (Å²) in [6.07, 6.45) is -3.16. The highest BCUT2D eigenvalue weighted by atomic mass is 32.1. The Morgan fingerprint density at radius 2 is 1.72 bits per heavy atom. The molecular weight excluding hydrogens is 495 g/mol. The molecule has 2 N–H and O–H groups in total. The van der Waals surface area contributed by atoms with Gasteiger partial charge in [-0.1, -0.05) is 30.3 Å². The molecule has 2 amide bonds. The molecule has 0 spiro atoms. The van der Waals surface area contributed by atoms with E-state index in [1.807, 2.05) is 0 Å². The minimum absolute atomic E-state index is 0.0604. The van der Waals surface area contributed by atoms with E-state index in [4.69, 9.17) is 5.11 Å². The third-order valence-corrected chi connectivity index (χ3v) is 6.97. The van der Waals surface area contributed by atoms with Gasteiger partial charge in [-0.15, -0.1) is 11.3 Å². The van der Waals surface area contributed by atoms with Crippen molar-refractivity contribution in [3.63, 3.8) is 0 Å². The van der Waals surface area contributed by atoms with Crippen LogP contribution in [0.4, 0.5) is 13.2 Å². The van der Waals surface area contributed by atoms with Gasteiger partial charge in [0.2, 0.25) is 0 Å². The SMILES string of the molecule is O=C(O)CNC(=O)c1csc(C2CCN(C(=O)c3ccccc3-c3ccc(C(F)(F)F)cc3)CC2)n1. The van der Waals surface area contributed by atoms with Crippen LogP contribution < -0.4 is 5.32 Å². The van der Waals surface area contributed by atoms with E-state index in [0.717, 1.165) is 17.1 Å². The first-order chi connectivity index (χ1) is 17.1. The number of alkyl halides is 3. The van der Waals surface area contributed by atoms with Crippen LogP contribution in [0.2, 0.25) is 0 Å². The number of hydrogen-bond donors (Lipinski definition) is 2. The predicted molar refractivity (Wildman–Crippen MR) is 127 cm³/mol. The topological polar surface area (TPSA) is 99.6 Å². The van der Waals surface area contributed by atoms with Crippen LogP contribution in [0.1, 0.15) is 50.2 Å². The molecule has 11 heteroatoms. The number of likely N-dealkylation sites (tertiary alicyclic amines) is 1. The molecule has 4 rings (SSSR count). The van der Waals surface area contributed by atoms with E-state index in [0.29, 0.717) is 42.6 Å². The minimum Gasteiger partial charge on any atom is -0.480 e. The van der Waals surface area contributed by atoms with Crippen molar-refractivity contribution in [1.82, 2.24) is 15.2 Å². The van der Waals surface area contributed by atoms with Gasteiger partial charge in [-0.2, -0.15) is 13.2 Å². The Morgan fingerprint density at radius 3 is 2.36 bits per heavy atom. The van der Waals surface area contributed by atoms with Gasteiger partial charge >= 0.3 is 12.1 Å². The third-order valence-electron chi connectivity index (χ3n) is 5.97. The Balaban J connectivity index is 1.42. The number of carboxylic acids is 1. The van der Waals surface area contributed by atoms with Crippen molar-refractivity contribution >= 4 is 29.1 Å². The molecule has 0 unspecified atom stereocenters. The Bertz CT molecular complexity index is 1270. The van der Waals surface area contributed by atoms with Crippen LogP contribution in [0.3, 0.4) is 0 Å². The summed E-state index contributed by atoms with van der Waals surface area (Å²) in [6, 6.07) is 11.6. The number of hydrogen-bond acceptors (Lipinski definition) is 5. The molecule has 1 fully saturated rings. The summed E-state index contributed by atoms with van der Waals surface area (Å²) >= 11 is 1.32. The fraction of sp³-hybridized carbons (Fsp3) is 0.280. The number of nitrogens with one attached hydrogen (secondary N) is 1. The van der Waals surface area contributed by atoms with Gasteiger partial charge in [0, 0.05) is 30.0 Å². The largest absolute Gasteiger partial charge is 0.480 e. The molecule has 3 aromatic rings. The van der Waals surface area contributed by atoms with Gasteiger partial charge in [0.25, 0.3) is 11.8 Å². The fourth-order valence-electron chi connectivity index (χ4n) is 4.09. The van der Waals surface area contributed by atoms with Crippen LogP contribution in [0.5, 0.6) is 0 Å². The first kappa shape index (κ1) is 25.4. The van der Waals surface area contributed by atoms with Gasteiger partial charge in [0.1, 0.15) is 12.2 Å². The molecule has 188 valence electrons. The molecule has 1 aliphatic rings. The molecule has 0 bridgehead atoms. The van der Waals surface area contributed by atoms with Crippen molar-refractivity contribution in [3.05, 3.63) is 75.7 Å². The van der Waals surface area contributed by atoms with Crippen molar-refractivity contribution in [2.45, 2.75) is 24.9 Å². The first-order valence-electron chi connectivity index (χ1n) is 11.1. The van der Waals surface area contributed by atoms with Crippen LogP contribution in [-0.2, 0) is 11.0 Å². The predicted octanol–water partition coefficient (Wildman–Crippen LogP) is 4.66. The molecule has 1 aliphatic heterocycles. The second-order valence-corrected chi connectivity index (χ2v) is 9.22. The number of piperidine rings is 1. The van der Waals surface area contributed by atoms with E-state index in [1.165, 1.54) is 23.5 Å². The summed E-state index contributed by atoms with van der Waals surface area (Å²) in [5.74, 6) is -1.83. The fourth-order valence-corrected chi connectivity index (χ4v) is 5.06. The van der Waals surface area contributed by atoms with Gasteiger partial charge < -0.3 is 15.3 Å². The molecule has 0 aliphatic carbocycles. The van der Waals surface area contributed by atoms with Gasteiger partial charge in [-0.3, -0.25) is 14.4 Å². The number of carboxylic acid groups (broad SMARTS) is 1. The summed E-state index contributed by atoms with van der Waals surface area (Å²) < 4.78 is 38.8. The number of carbonyl (C=O) groups excluding carboxylic acids is 2. The van der Waals surface area contributed by atoms with E-state index in [9.17, 15) is 27.6 Å². The third kappa shape index (κ3) is 5.73. The average molecular weight is 518 g/mol. The maximum Gasteiger partial charge on any atom is 0.416 e. The van der Waals surface area contributed by atoms with E-state index >= 15 is 0 Å². The van der Waals surface area contributed by atoms with Crippen LogP contribution in [0.15, 0.2) is 53.9 Å². The summed E-state index contributed by atoms with van der Waals surface area (Å²) in [7, 11) is 0. The molecule has 7 nitrogen and oxygen atoms in total. The van der Waals surface area contributed by atoms with Crippen molar-refractivity contribution in [1.29, 1.82) is 0 Å². The Morgan fingerprint density at radius 1 is 1.06 bits per heavy atom. The minimum atomic E-state index is -4.43. The smallest absolute Gasteiger partial charge is 0.416 e. The molecule has 0 radical (unpaired) electrons. The van der Waals surface area contributed by atoms with E-state index < -0.39 is 30.2 Å². The Kier molecular flexibility index (Phi) is 7.39. The second-order valence-electron chi connectivity index (χ2n) is 8.33. The van der Waals surface area contributed by atoms with Crippen LogP contribution in [0, 0.1) is 0 Å². The summed E-state index contributed by atoms with van der Waals surface area (Å²) in [5.41, 5.74) is 0.929. The first-order valence-corrected chi connectivity index (χ1v) is 12.0. The lowest BCUT2D eigenvalue weighted by molar-refractivity contribution is -0.138. The summed E-state index contributed by atoms with van der Waals surface area (Å²) in [5, 5.41) is 13.3. The van der Waals surface area contributed by atoms with Crippen LogP contribution >= 0.6 is 11.3 Å². The number of carbonyl (C=O) groups is 3. The summed E-state index contributed by atoms with van der Waals surface area (Å²) in [4.78, 5) is 42.0. The molecule has 36 heavy (non-hydrogen) atoms. The second kappa shape index (κ2) is 10.5. The average Bonchev–Trinajstić information content (AvgIpc) is 3.37. The number of rotatable bonds is 6. The van der Waals surface area contributed by atoms with Crippen molar-refractivity contribution in [2.75, 3.05) is 19.6 Å². The zero-order valence-corrected chi connectivity index (χ0v) is 19.7. The van der Waals surface area contributed by atoms with Crippen molar-refractivity contribution in [3.8, 4) is 11.1 Å². The quantitative estimate of drug-likeness (QED) is 0.495. The number of benzene rings is 2. The normalized spacial score (nSPS) is 14.5. The van der Waals surface area contributed by atoms with Crippen molar-refractivity contribution in [2.24, 2.45) is 0 Å². The number of thiazole rings is 1. The molecular formula is C25H22F3N3O4S. The lowest BCUT2D eigenvalue weighted by atomic mass is 9.94. The van der Waals surface area contributed by atoms with Crippen molar-refractivity contribution < 1.29 is 32.7 Å². The monoisotopic (exact) mass is 517 g/mol. The lowest BCUT2D eigenvalue weighted by Crippen LogP contribution is -2.38. The lowest BCUT2D eigenvalue weighted by Gasteiger charge is -2.31. The highest BCUT2D eigenvalue weighted by molar-refractivity contribution is 7.09. The molecule has 1 saturated heterocycles. The molecule has 0 saturated carbocycles. The molecule has 2 aromatic carbocycles.